The topological polar surface area (TPSA) is 89.5 Å². The van der Waals surface area contributed by atoms with Gasteiger partial charge in [-0.3, -0.25) is 9.59 Å². The van der Waals surface area contributed by atoms with Crippen molar-refractivity contribution in [1.82, 2.24) is 0 Å². The van der Waals surface area contributed by atoms with E-state index in [1.807, 2.05) is 13.8 Å². The highest BCUT2D eigenvalue weighted by atomic mass is 16.6. The predicted octanol–water partition coefficient (Wildman–Crippen LogP) is 6.60. The molecule has 2 aromatic carbocycles. The van der Waals surface area contributed by atoms with Gasteiger partial charge in [-0.1, -0.05) is 65.8 Å². The molecule has 8 heteroatoms. The minimum absolute atomic E-state index is 0.0627. The van der Waals surface area contributed by atoms with E-state index in [1.165, 1.54) is 0 Å². The Morgan fingerprint density at radius 2 is 0.909 bits per heavy atom. The lowest BCUT2D eigenvalue weighted by Gasteiger charge is -2.24. The first-order chi connectivity index (χ1) is 20.7. The Kier molecular flexibility index (Phi) is 14.7. The molecule has 2 rings (SSSR count). The SMILES string of the molecule is COc1c(C)cc(CCC(=O)OCCOCCOCCOC(=O)CCc2cc(C)c(OC)c(C(C)(C)C)c2)cc1C(C)(C)C. The van der Waals surface area contributed by atoms with E-state index in [9.17, 15) is 9.59 Å². The number of benzene rings is 2. The van der Waals surface area contributed by atoms with Gasteiger partial charge in [-0.25, -0.2) is 0 Å². The van der Waals surface area contributed by atoms with Crippen molar-refractivity contribution in [1.29, 1.82) is 0 Å². The second-order valence-corrected chi connectivity index (χ2v) is 13.2. The van der Waals surface area contributed by atoms with Crippen molar-refractivity contribution in [2.75, 3.05) is 53.9 Å². The lowest BCUT2D eigenvalue weighted by Crippen LogP contribution is -2.16. The zero-order valence-corrected chi connectivity index (χ0v) is 28.6. The second kappa shape index (κ2) is 17.4. The van der Waals surface area contributed by atoms with Gasteiger partial charge in [-0.05, 0) is 59.8 Å². The van der Waals surface area contributed by atoms with E-state index >= 15 is 0 Å². The van der Waals surface area contributed by atoms with Gasteiger partial charge in [-0.15, -0.1) is 0 Å². The number of esters is 2. The molecule has 0 aliphatic carbocycles. The molecule has 0 fully saturated rings. The van der Waals surface area contributed by atoms with Crippen LogP contribution in [0.1, 0.15) is 87.8 Å². The Balaban J connectivity index is 1.56. The number of hydrogen-bond donors (Lipinski definition) is 0. The molecule has 0 saturated heterocycles. The van der Waals surface area contributed by atoms with Crippen molar-refractivity contribution in [3.05, 3.63) is 57.6 Å². The summed E-state index contributed by atoms with van der Waals surface area (Å²) in [6, 6.07) is 8.37. The Morgan fingerprint density at radius 3 is 1.23 bits per heavy atom. The largest absolute Gasteiger partial charge is 0.496 e. The molecule has 0 radical (unpaired) electrons. The summed E-state index contributed by atoms with van der Waals surface area (Å²) >= 11 is 0. The molecule has 0 heterocycles. The smallest absolute Gasteiger partial charge is 0.306 e. The van der Waals surface area contributed by atoms with Gasteiger partial charge >= 0.3 is 11.9 Å². The molecular formula is C36H54O8. The van der Waals surface area contributed by atoms with E-state index in [-0.39, 0.29) is 36.0 Å². The number of carbonyl (C=O) groups is 2. The summed E-state index contributed by atoms with van der Waals surface area (Å²) in [5, 5.41) is 0. The molecule has 0 aliphatic rings. The summed E-state index contributed by atoms with van der Waals surface area (Å²) in [4.78, 5) is 24.4. The lowest BCUT2D eigenvalue weighted by atomic mass is 9.83. The maximum atomic E-state index is 12.2. The lowest BCUT2D eigenvalue weighted by molar-refractivity contribution is -0.146. The first-order valence-corrected chi connectivity index (χ1v) is 15.5. The van der Waals surface area contributed by atoms with Crippen LogP contribution in [0.2, 0.25) is 0 Å². The average Bonchev–Trinajstić information content (AvgIpc) is 2.94. The Morgan fingerprint density at radius 1 is 0.568 bits per heavy atom. The van der Waals surface area contributed by atoms with E-state index in [0.717, 1.165) is 44.9 Å². The van der Waals surface area contributed by atoms with E-state index in [2.05, 4.69) is 65.8 Å². The van der Waals surface area contributed by atoms with Crippen molar-refractivity contribution in [3.63, 3.8) is 0 Å². The van der Waals surface area contributed by atoms with Gasteiger partial charge in [0.2, 0.25) is 0 Å². The van der Waals surface area contributed by atoms with Gasteiger partial charge in [0.1, 0.15) is 24.7 Å². The van der Waals surface area contributed by atoms with Crippen LogP contribution in [-0.2, 0) is 52.2 Å². The molecule has 0 spiro atoms. The Labute approximate surface area is 264 Å². The first kappa shape index (κ1) is 37.1. The van der Waals surface area contributed by atoms with Crippen LogP contribution in [-0.4, -0.2) is 65.8 Å². The zero-order chi connectivity index (χ0) is 32.9. The summed E-state index contributed by atoms with van der Waals surface area (Å²) in [6.45, 7) is 18.6. The first-order valence-electron chi connectivity index (χ1n) is 15.5. The van der Waals surface area contributed by atoms with Crippen LogP contribution in [0.15, 0.2) is 24.3 Å². The van der Waals surface area contributed by atoms with Gasteiger partial charge in [0.05, 0.1) is 40.6 Å². The fourth-order valence-corrected chi connectivity index (χ4v) is 5.03. The van der Waals surface area contributed by atoms with E-state index < -0.39 is 0 Å². The number of aryl methyl sites for hydroxylation is 4. The van der Waals surface area contributed by atoms with Gasteiger partial charge in [0.15, 0.2) is 0 Å². The van der Waals surface area contributed by atoms with Crippen LogP contribution >= 0.6 is 0 Å². The third-order valence-electron chi connectivity index (χ3n) is 7.28. The van der Waals surface area contributed by atoms with Crippen molar-refractivity contribution < 1.29 is 38.0 Å². The molecule has 0 amide bonds. The number of hydrogen-bond acceptors (Lipinski definition) is 8. The molecule has 246 valence electrons. The Bertz CT molecular complexity index is 1120. The van der Waals surface area contributed by atoms with Crippen LogP contribution in [0.3, 0.4) is 0 Å². The van der Waals surface area contributed by atoms with E-state index in [4.69, 9.17) is 28.4 Å². The molecule has 0 unspecified atom stereocenters. The highest BCUT2D eigenvalue weighted by molar-refractivity contribution is 5.70. The fraction of sp³-hybridized carbons (Fsp3) is 0.611. The standard InChI is InChI=1S/C36H54O8/c1-25-21-27(23-29(33(25)39-9)35(3,4)5)11-13-31(37)43-19-17-41-15-16-42-18-20-44-32(38)14-12-28-22-26(2)34(40-10)30(24-28)36(6,7)8/h21-24H,11-20H2,1-10H3. The van der Waals surface area contributed by atoms with Crippen LogP contribution in [0.25, 0.3) is 0 Å². The van der Waals surface area contributed by atoms with Crippen LogP contribution < -0.4 is 9.47 Å². The fourth-order valence-electron chi connectivity index (χ4n) is 5.03. The van der Waals surface area contributed by atoms with Crippen LogP contribution in [0.4, 0.5) is 0 Å². The summed E-state index contributed by atoms with van der Waals surface area (Å²) in [5.41, 5.74) is 6.44. The summed E-state index contributed by atoms with van der Waals surface area (Å²) in [5.74, 6) is 1.29. The molecule has 0 aromatic heterocycles. The highest BCUT2D eigenvalue weighted by Gasteiger charge is 2.22. The molecule has 0 aliphatic heterocycles. The second-order valence-electron chi connectivity index (χ2n) is 13.2. The minimum Gasteiger partial charge on any atom is -0.496 e. The van der Waals surface area contributed by atoms with Gasteiger partial charge in [0, 0.05) is 24.0 Å². The number of methoxy groups -OCH3 is 2. The summed E-state index contributed by atoms with van der Waals surface area (Å²) < 4.78 is 32.8. The highest BCUT2D eigenvalue weighted by Crippen LogP contribution is 2.36. The molecule has 0 bridgehead atoms. The quantitative estimate of drug-likeness (QED) is 0.145. The number of ether oxygens (including phenoxy) is 6. The zero-order valence-electron chi connectivity index (χ0n) is 28.6. The summed E-state index contributed by atoms with van der Waals surface area (Å²) in [7, 11) is 3.38. The van der Waals surface area contributed by atoms with Gasteiger partial charge in [-0.2, -0.15) is 0 Å². The third kappa shape index (κ3) is 12.1. The molecule has 2 aromatic rings. The monoisotopic (exact) mass is 614 g/mol. The van der Waals surface area contributed by atoms with Crippen LogP contribution in [0.5, 0.6) is 11.5 Å². The molecular weight excluding hydrogens is 560 g/mol. The molecule has 0 N–H and O–H groups in total. The molecule has 8 nitrogen and oxygen atoms in total. The number of rotatable bonds is 17. The summed E-state index contributed by atoms with van der Waals surface area (Å²) in [6.07, 6.45) is 1.81. The number of carbonyl (C=O) groups excluding carboxylic acids is 2. The van der Waals surface area contributed by atoms with Crippen molar-refractivity contribution in [3.8, 4) is 11.5 Å². The van der Waals surface area contributed by atoms with E-state index in [1.54, 1.807) is 14.2 Å². The molecule has 0 atom stereocenters. The minimum atomic E-state index is -0.255. The molecule has 44 heavy (non-hydrogen) atoms. The maximum Gasteiger partial charge on any atom is 0.306 e. The molecule has 0 saturated carbocycles. The Hall–Kier alpha value is -3.10. The van der Waals surface area contributed by atoms with Crippen molar-refractivity contribution >= 4 is 11.9 Å². The third-order valence-corrected chi connectivity index (χ3v) is 7.28. The van der Waals surface area contributed by atoms with Crippen LogP contribution in [0, 0.1) is 13.8 Å². The van der Waals surface area contributed by atoms with Crippen molar-refractivity contribution in [2.24, 2.45) is 0 Å². The normalized spacial score (nSPS) is 11.8. The predicted molar refractivity (Wildman–Crippen MR) is 173 cm³/mol. The van der Waals surface area contributed by atoms with Gasteiger partial charge in [0.25, 0.3) is 0 Å². The maximum absolute atomic E-state index is 12.2. The van der Waals surface area contributed by atoms with E-state index in [0.29, 0.717) is 52.1 Å². The van der Waals surface area contributed by atoms with Crippen molar-refractivity contribution in [2.45, 2.75) is 91.9 Å². The van der Waals surface area contributed by atoms with Gasteiger partial charge < -0.3 is 28.4 Å². The average molecular weight is 615 g/mol.